The fourth-order valence-electron chi connectivity index (χ4n) is 2.80. The third kappa shape index (κ3) is 4.73. The molecule has 0 unspecified atom stereocenters. The minimum atomic E-state index is -3.72. The van der Waals surface area contributed by atoms with E-state index in [1.165, 1.54) is 30.3 Å². The van der Waals surface area contributed by atoms with Gasteiger partial charge in [-0.2, -0.15) is 4.31 Å². The van der Waals surface area contributed by atoms with Gasteiger partial charge in [0.2, 0.25) is 15.9 Å². The van der Waals surface area contributed by atoms with Crippen LogP contribution >= 0.6 is 0 Å². The van der Waals surface area contributed by atoms with Crippen LogP contribution in [0.5, 0.6) is 5.75 Å². The first-order valence-electron chi connectivity index (χ1n) is 8.77. The Labute approximate surface area is 153 Å². The monoisotopic (exact) mass is 383 g/mol. The maximum Gasteiger partial charge on any atom is 0.246 e. The zero-order valence-corrected chi connectivity index (χ0v) is 15.7. The van der Waals surface area contributed by atoms with Gasteiger partial charge in [-0.3, -0.25) is 4.79 Å². The fraction of sp³-hybridized carbons (Fsp3) is 0.588. The lowest BCUT2D eigenvalue weighted by atomic mass is 10.3. The Morgan fingerprint density at radius 3 is 2.69 bits per heavy atom. The van der Waals surface area contributed by atoms with Crippen LogP contribution in [-0.4, -0.2) is 65.1 Å². The Morgan fingerprint density at radius 1 is 1.31 bits per heavy atom. The number of nitrogens with zero attached hydrogens (tertiary/aromatic N) is 1. The van der Waals surface area contributed by atoms with E-state index in [1.807, 2.05) is 0 Å². The van der Waals surface area contributed by atoms with Crippen LogP contribution in [0.15, 0.2) is 23.1 Å². The second-order valence-electron chi connectivity index (χ2n) is 6.50. The van der Waals surface area contributed by atoms with Crippen LogP contribution in [0.4, 0.5) is 5.69 Å². The summed E-state index contributed by atoms with van der Waals surface area (Å²) in [6.45, 7) is 2.37. The lowest BCUT2D eigenvalue weighted by molar-refractivity contribution is -0.115. The van der Waals surface area contributed by atoms with Crippen LogP contribution in [0.3, 0.4) is 0 Å². The predicted octanol–water partition coefficient (Wildman–Crippen LogP) is 0.654. The minimum absolute atomic E-state index is 0.0469. The first kappa shape index (κ1) is 19.1. The second-order valence-corrected chi connectivity index (χ2v) is 8.41. The molecule has 1 saturated heterocycles. The summed E-state index contributed by atoms with van der Waals surface area (Å²) in [5.74, 6) is 0.737. The molecule has 2 N–H and O–H groups in total. The predicted molar refractivity (Wildman–Crippen MR) is 96.8 cm³/mol. The number of sulfonamides is 1. The number of amides is 1. The molecule has 2 fully saturated rings. The molecule has 1 aromatic rings. The van der Waals surface area contributed by atoms with Crippen molar-refractivity contribution in [1.29, 1.82) is 0 Å². The van der Waals surface area contributed by atoms with E-state index in [9.17, 15) is 13.2 Å². The minimum Gasteiger partial charge on any atom is -0.495 e. The lowest BCUT2D eigenvalue weighted by Gasteiger charge is -2.26. The molecular weight excluding hydrogens is 358 g/mol. The molecule has 0 bridgehead atoms. The zero-order valence-electron chi connectivity index (χ0n) is 14.9. The van der Waals surface area contributed by atoms with Gasteiger partial charge in [-0.25, -0.2) is 8.42 Å². The standard InChI is InChI=1S/C17H25N3O5S/c1-24-15-5-4-14(19-17(21)12-18-11-13-2-3-13)10-16(15)26(22,23)20-6-8-25-9-7-20/h4-5,10,13,18H,2-3,6-9,11-12H2,1H3,(H,19,21). The van der Waals surface area contributed by atoms with E-state index >= 15 is 0 Å². The number of ether oxygens (including phenoxy) is 2. The van der Waals surface area contributed by atoms with Gasteiger partial charge in [-0.05, 0) is 43.5 Å². The van der Waals surface area contributed by atoms with Crippen LogP contribution in [0.2, 0.25) is 0 Å². The van der Waals surface area contributed by atoms with Crippen molar-refractivity contribution in [3.8, 4) is 5.75 Å². The molecular formula is C17H25N3O5S. The smallest absolute Gasteiger partial charge is 0.246 e. The normalized spacial score (nSPS) is 18.5. The summed E-state index contributed by atoms with van der Waals surface area (Å²) in [5.41, 5.74) is 0.427. The second kappa shape index (κ2) is 8.34. The highest BCUT2D eigenvalue weighted by Crippen LogP contribution is 2.30. The molecule has 1 aliphatic heterocycles. The fourth-order valence-corrected chi connectivity index (χ4v) is 4.39. The third-order valence-corrected chi connectivity index (χ3v) is 6.37. The largest absolute Gasteiger partial charge is 0.495 e. The van der Waals surface area contributed by atoms with Gasteiger partial charge in [0.15, 0.2) is 0 Å². The number of hydrogen-bond acceptors (Lipinski definition) is 6. The van der Waals surface area contributed by atoms with E-state index in [0.717, 1.165) is 6.54 Å². The van der Waals surface area contributed by atoms with E-state index in [2.05, 4.69) is 10.6 Å². The molecule has 1 aromatic carbocycles. The van der Waals surface area contributed by atoms with Gasteiger partial charge < -0.3 is 20.1 Å². The Kier molecular flexibility index (Phi) is 6.13. The van der Waals surface area contributed by atoms with E-state index < -0.39 is 10.0 Å². The van der Waals surface area contributed by atoms with E-state index in [0.29, 0.717) is 37.9 Å². The molecule has 1 heterocycles. The van der Waals surface area contributed by atoms with Crippen LogP contribution in [0, 0.1) is 5.92 Å². The van der Waals surface area contributed by atoms with E-state index in [-0.39, 0.29) is 23.1 Å². The number of nitrogens with one attached hydrogen (secondary N) is 2. The van der Waals surface area contributed by atoms with Crippen molar-refractivity contribution in [3.63, 3.8) is 0 Å². The van der Waals surface area contributed by atoms with Crippen molar-refractivity contribution in [2.45, 2.75) is 17.7 Å². The average Bonchev–Trinajstić information content (AvgIpc) is 3.47. The lowest BCUT2D eigenvalue weighted by Crippen LogP contribution is -2.40. The summed E-state index contributed by atoms with van der Waals surface area (Å²) in [5, 5.41) is 5.85. The number of methoxy groups -OCH3 is 1. The molecule has 0 radical (unpaired) electrons. The van der Waals surface area contributed by atoms with Gasteiger partial charge in [0.1, 0.15) is 10.6 Å². The quantitative estimate of drug-likeness (QED) is 0.684. The highest BCUT2D eigenvalue weighted by atomic mass is 32.2. The topological polar surface area (TPSA) is 97.0 Å². The number of carbonyl (C=O) groups is 1. The van der Waals surface area contributed by atoms with Gasteiger partial charge >= 0.3 is 0 Å². The number of morpholine rings is 1. The summed E-state index contributed by atoms with van der Waals surface area (Å²) < 4.78 is 37.7. The molecule has 0 spiro atoms. The van der Waals surface area contributed by atoms with E-state index in [4.69, 9.17) is 9.47 Å². The maximum atomic E-state index is 12.9. The highest BCUT2D eigenvalue weighted by molar-refractivity contribution is 7.89. The average molecular weight is 383 g/mol. The van der Waals surface area contributed by atoms with Crippen molar-refractivity contribution in [3.05, 3.63) is 18.2 Å². The Bertz CT molecular complexity index is 743. The van der Waals surface area contributed by atoms with Crippen LogP contribution in [-0.2, 0) is 19.6 Å². The van der Waals surface area contributed by atoms with Crippen LogP contribution < -0.4 is 15.4 Å². The molecule has 8 nitrogen and oxygen atoms in total. The van der Waals surface area contributed by atoms with Crippen molar-refractivity contribution in [1.82, 2.24) is 9.62 Å². The maximum absolute atomic E-state index is 12.9. The Hall–Kier alpha value is -1.68. The molecule has 3 rings (SSSR count). The molecule has 2 aliphatic rings. The van der Waals surface area contributed by atoms with Crippen molar-refractivity contribution in [2.24, 2.45) is 5.92 Å². The van der Waals surface area contributed by atoms with Crippen LogP contribution in [0.25, 0.3) is 0 Å². The molecule has 0 atom stereocenters. The van der Waals surface area contributed by atoms with Crippen molar-refractivity contribution in [2.75, 3.05) is 51.8 Å². The first-order chi connectivity index (χ1) is 12.5. The highest BCUT2D eigenvalue weighted by Gasteiger charge is 2.29. The van der Waals surface area contributed by atoms with Gasteiger partial charge in [0, 0.05) is 18.8 Å². The Balaban J connectivity index is 1.71. The summed E-state index contributed by atoms with van der Waals surface area (Å²) >= 11 is 0. The van der Waals surface area contributed by atoms with Crippen LogP contribution in [0.1, 0.15) is 12.8 Å². The number of rotatable bonds is 8. The number of hydrogen-bond donors (Lipinski definition) is 2. The SMILES string of the molecule is COc1ccc(NC(=O)CNCC2CC2)cc1S(=O)(=O)N1CCOCC1. The molecule has 9 heteroatoms. The molecule has 1 amide bonds. The molecule has 1 aliphatic carbocycles. The Morgan fingerprint density at radius 2 is 2.04 bits per heavy atom. The first-order valence-corrected chi connectivity index (χ1v) is 10.2. The van der Waals surface area contributed by atoms with Gasteiger partial charge in [0.05, 0.1) is 26.9 Å². The van der Waals surface area contributed by atoms with E-state index in [1.54, 1.807) is 12.1 Å². The molecule has 144 valence electrons. The molecule has 26 heavy (non-hydrogen) atoms. The van der Waals surface area contributed by atoms with Crippen molar-refractivity contribution >= 4 is 21.6 Å². The number of carbonyl (C=O) groups excluding carboxylic acids is 1. The van der Waals surface area contributed by atoms with Gasteiger partial charge in [0.25, 0.3) is 0 Å². The summed E-state index contributed by atoms with van der Waals surface area (Å²) in [7, 11) is -2.30. The molecule has 1 saturated carbocycles. The van der Waals surface area contributed by atoms with Crippen molar-refractivity contribution < 1.29 is 22.7 Å². The zero-order chi connectivity index (χ0) is 18.6. The van der Waals surface area contributed by atoms with Gasteiger partial charge in [-0.1, -0.05) is 0 Å². The number of anilines is 1. The summed E-state index contributed by atoms with van der Waals surface area (Å²) in [6, 6.07) is 4.64. The summed E-state index contributed by atoms with van der Waals surface area (Å²) in [4.78, 5) is 12.1. The summed E-state index contributed by atoms with van der Waals surface area (Å²) in [6.07, 6.45) is 2.44. The third-order valence-electron chi connectivity index (χ3n) is 4.45. The van der Waals surface area contributed by atoms with Gasteiger partial charge in [-0.15, -0.1) is 0 Å². The number of benzene rings is 1. The molecule has 0 aromatic heterocycles.